The first-order chi connectivity index (χ1) is 8.21. The van der Waals surface area contributed by atoms with E-state index >= 15 is 0 Å². The average molecular weight is 233 g/mol. The molecule has 2 aliphatic rings. The van der Waals surface area contributed by atoms with Gasteiger partial charge in [-0.3, -0.25) is 0 Å². The third-order valence-corrected chi connectivity index (χ3v) is 4.54. The van der Waals surface area contributed by atoms with Crippen LogP contribution in [0.1, 0.15) is 44.3 Å². The second kappa shape index (κ2) is 4.14. The van der Waals surface area contributed by atoms with Crippen LogP contribution < -0.4 is 10.6 Å². The number of rotatable bonds is 2. The normalized spacial score (nSPS) is 27.4. The zero-order valence-electron chi connectivity index (χ0n) is 10.9. The lowest BCUT2D eigenvalue weighted by molar-refractivity contribution is 0.0436. The monoisotopic (exact) mass is 233 g/mol. The molecule has 0 bridgehead atoms. The molecule has 2 aliphatic heterocycles. The third-order valence-electron chi connectivity index (χ3n) is 4.54. The topological polar surface area (TPSA) is 29.0 Å². The van der Waals surface area contributed by atoms with Crippen LogP contribution in [0, 0.1) is 5.41 Å². The minimum atomic E-state index is 0.536. The summed E-state index contributed by atoms with van der Waals surface area (Å²) < 4.78 is 2.31. The number of hydrogen-bond acceptors (Lipinski definition) is 2. The molecular formula is C14H23N3. The van der Waals surface area contributed by atoms with Crippen LogP contribution in [0.15, 0.2) is 18.5 Å². The van der Waals surface area contributed by atoms with Crippen molar-refractivity contribution in [2.45, 2.75) is 38.8 Å². The highest BCUT2D eigenvalue weighted by Crippen LogP contribution is 2.47. The van der Waals surface area contributed by atoms with E-state index in [-0.39, 0.29) is 0 Å². The smallest absolute Gasteiger partial charge is 0.0405 e. The fourth-order valence-corrected chi connectivity index (χ4v) is 3.28. The van der Waals surface area contributed by atoms with Crippen LogP contribution in [0.3, 0.4) is 0 Å². The van der Waals surface area contributed by atoms with Crippen molar-refractivity contribution >= 4 is 0 Å². The number of aromatic nitrogens is 1. The van der Waals surface area contributed by atoms with E-state index in [1.54, 1.807) is 0 Å². The fourth-order valence-electron chi connectivity index (χ4n) is 3.28. The highest BCUT2D eigenvalue weighted by Gasteiger charge is 2.47. The first kappa shape index (κ1) is 11.3. The van der Waals surface area contributed by atoms with Crippen LogP contribution in [0.5, 0.6) is 0 Å². The van der Waals surface area contributed by atoms with Gasteiger partial charge in [0.1, 0.15) is 0 Å². The molecule has 2 N–H and O–H groups in total. The van der Waals surface area contributed by atoms with Gasteiger partial charge in [0.25, 0.3) is 0 Å². The van der Waals surface area contributed by atoms with E-state index in [1.807, 2.05) is 0 Å². The number of piperidine rings is 1. The quantitative estimate of drug-likeness (QED) is 0.819. The largest absolute Gasteiger partial charge is 0.351 e. The lowest BCUT2D eigenvalue weighted by Crippen LogP contribution is -2.59. The molecule has 0 aliphatic carbocycles. The van der Waals surface area contributed by atoms with Gasteiger partial charge in [-0.25, -0.2) is 0 Å². The van der Waals surface area contributed by atoms with Gasteiger partial charge < -0.3 is 15.2 Å². The van der Waals surface area contributed by atoms with Gasteiger partial charge in [0.05, 0.1) is 0 Å². The Bertz CT molecular complexity index is 388. The lowest BCUT2D eigenvalue weighted by Gasteiger charge is -2.53. The van der Waals surface area contributed by atoms with Crippen molar-refractivity contribution in [1.29, 1.82) is 0 Å². The lowest BCUT2D eigenvalue weighted by atomic mass is 9.65. The van der Waals surface area contributed by atoms with E-state index in [0.717, 1.165) is 0 Å². The van der Waals surface area contributed by atoms with Crippen LogP contribution in [-0.4, -0.2) is 24.2 Å². The maximum atomic E-state index is 3.63. The maximum absolute atomic E-state index is 3.63. The first-order valence-corrected chi connectivity index (χ1v) is 6.83. The Hall–Kier alpha value is -0.800. The minimum absolute atomic E-state index is 0.536. The second-order valence-electron chi connectivity index (χ2n) is 5.91. The molecule has 2 saturated heterocycles. The molecule has 0 saturated carbocycles. The number of hydrogen-bond donors (Lipinski definition) is 2. The fraction of sp³-hybridized carbons (Fsp3) is 0.714. The molecule has 1 unspecified atom stereocenters. The maximum Gasteiger partial charge on any atom is 0.0405 e. The third kappa shape index (κ3) is 1.81. The van der Waals surface area contributed by atoms with Gasteiger partial charge in [0.15, 0.2) is 0 Å². The summed E-state index contributed by atoms with van der Waals surface area (Å²) in [4.78, 5) is 0. The number of nitrogens with one attached hydrogen (secondary N) is 2. The molecule has 0 amide bonds. The van der Waals surface area contributed by atoms with E-state index < -0.39 is 0 Å². The van der Waals surface area contributed by atoms with Crippen molar-refractivity contribution in [2.24, 2.45) is 5.41 Å². The van der Waals surface area contributed by atoms with Gasteiger partial charge in [-0.1, -0.05) is 0 Å². The summed E-state index contributed by atoms with van der Waals surface area (Å²) in [6.45, 7) is 8.04. The van der Waals surface area contributed by atoms with E-state index in [0.29, 0.717) is 17.5 Å². The Morgan fingerprint density at radius 1 is 1.35 bits per heavy atom. The van der Waals surface area contributed by atoms with E-state index in [2.05, 4.69) is 47.5 Å². The van der Waals surface area contributed by atoms with Gasteiger partial charge >= 0.3 is 0 Å². The van der Waals surface area contributed by atoms with Gasteiger partial charge in [-0.2, -0.15) is 0 Å². The van der Waals surface area contributed by atoms with Crippen molar-refractivity contribution in [3.63, 3.8) is 0 Å². The van der Waals surface area contributed by atoms with Crippen molar-refractivity contribution in [1.82, 2.24) is 15.2 Å². The van der Waals surface area contributed by atoms with Gasteiger partial charge in [-0.05, 0) is 51.4 Å². The Morgan fingerprint density at radius 3 is 2.65 bits per heavy atom. The molecule has 3 rings (SSSR count). The molecule has 1 atom stereocenters. The summed E-state index contributed by atoms with van der Waals surface area (Å²) in [5, 5.41) is 7.10. The Kier molecular flexibility index (Phi) is 2.75. The van der Waals surface area contributed by atoms with Crippen molar-refractivity contribution in [3.05, 3.63) is 24.0 Å². The van der Waals surface area contributed by atoms with Crippen molar-refractivity contribution < 1.29 is 0 Å². The zero-order chi connectivity index (χ0) is 11.9. The summed E-state index contributed by atoms with van der Waals surface area (Å²) in [5.74, 6) is 0. The SMILES string of the molecule is CC(C)n1ccc(C2NCC23CCNCC3)c1. The van der Waals surface area contributed by atoms with Crippen LogP contribution in [0.4, 0.5) is 0 Å². The molecule has 2 fully saturated rings. The minimum Gasteiger partial charge on any atom is -0.351 e. The second-order valence-corrected chi connectivity index (χ2v) is 5.91. The molecule has 3 heteroatoms. The molecule has 1 spiro atoms. The Labute approximate surface area is 104 Å². The summed E-state index contributed by atoms with van der Waals surface area (Å²) in [7, 11) is 0. The number of nitrogens with zero attached hydrogens (tertiary/aromatic N) is 1. The summed E-state index contributed by atoms with van der Waals surface area (Å²) >= 11 is 0. The Morgan fingerprint density at radius 2 is 2.12 bits per heavy atom. The van der Waals surface area contributed by atoms with Gasteiger partial charge in [0.2, 0.25) is 0 Å². The summed E-state index contributed by atoms with van der Waals surface area (Å²) in [5.41, 5.74) is 2.01. The molecule has 1 aromatic rings. The zero-order valence-corrected chi connectivity index (χ0v) is 10.9. The highest BCUT2D eigenvalue weighted by atomic mass is 15.1. The van der Waals surface area contributed by atoms with Crippen LogP contribution in [0.25, 0.3) is 0 Å². The predicted octanol–water partition coefficient (Wildman–Crippen LogP) is 2.08. The molecule has 94 valence electrons. The predicted molar refractivity (Wildman–Crippen MR) is 70.1 cm³/mol. The average Bonchev–Trinajstić information content (AvgIpc) is 2.78. The highest BCUT2D eigenvalue weighted by molar-refractivity contribution is 5.24. The van der Waals surface area contributed by atoms with E-state index in [4.69, 9.17) is 0 Å². The van der Waals surface area contributed by atoms with Crippen LogP contribution in [-0.2, 0) is 0 Å². The van der Waals surface area contributed by atoms with Crippen molar-refractivity contribution in [2.75, 3.05) is 19.6 Å². The Balaban J connectivity index is 1.79. The van der Waals surface area contributed by atoms with E-state index in [1.165, 1.54) is 38.0 Å². The molecule has 1 aromatic heterocycles. The molecular weight excluding hydrogens is 210 g/mol. The molecule has 3 heterocycles. The van der Waals surface area contributed by atoms with E-state index in [9.17, 15) is 0 Å². The standard InChI is InChI=1S/C14H23N3/c1-11(2)17-8-3-12(9-17)13-14(10-16-13)4-6-15-7-5-14/h3,8-9,11,13,15-16H,4-7,10H2,1-2H3. The van der Waals surface area contributed by atoms with Crippen LogP contribution >= 0.6 is 0 Å². The van der Waals surface area contributed by atoms with Gasteiger partial charge in [0, 0.05) is 36.4 Å². The van der Waals surface area contributed by atoms with Crippen molar-refractivity contribution in [3.8, 4) is 0 Å². The molecule has 3 nitrogen and oxygen atoms in total. The molecule has 17 heavy (non-hydrogen) atoms. The summed E-state index contributed by atoms with van der Waals surface area (Å²) in [6, 6.07) is 3.44. The first-order valence-electron chi connectivity index (χ1n) is 6.83. The molecule has 0 radical (unpaired) electrons. The molecule has 0 aromatic carbocycles. The summed E-state index contributed by atoms with van der Waals surface area (Å²) in [6.07, 6.45) is 7.18. The van der Waals surface area contributed by atoms with Crippen LogP contribution in [0.2, 0.25) is 0 Å². The van der Waals surface area contributed by atoms with Gasteiger partial charge in [-0.15, -0.1) is 0 Å².